The van der Waals surface area contributed by atoms with Gasteiger partial charge in [0, 0.05) is 11.8 Å². The van der Waals surface area contributed by atoms with Crippen molar-refractivity contribution in [3.8, 4) is 5.75 Å². The number of ether oxygens (including phenoxy) is 1. The lowest BCUT2D eigenvalue weighted by Crippen LogP contribution is -2.20. The van der Waals surface area contributed by atoms with Crippen LogP contribution in [0.1, 0.15) is 37.3 Å². The smallest absolute Gasteiger partial charge is 0.118 e. The molecule has 0 bridgehead atoms. The molecular formula is C28H28O. The van der Waals surface area contributed by atoms with Gasteiger partial charge in [-0.25, -0.2) is 0 Å². The molecule has 2 atom stereocenters. The molecule has 0 saturated heterocycles. The quantitative estimate of drug-likeness (QED) is 0.542. The van der Waals surface area contributed by atoms with Crippen molar-refractivity contribution in [3.63, 3.8) is 0 Å². The van der Waals surface area contributed by atoms with Crippen LogP contribution in [0.2, 0.25) is 0 Å². The topological polar surface area (TPSA) is 9.23 Å². The van der Waals surface area contributed by atoms with Crippen molar-refractivity contribution in [1.82, 2.24) is 0 Å². The second kappa shape index (κ2) is 7.75. The van der Waals surface area contributed by atoms with E-state index in [0.29, 0.717) is 0 Å². The van der Waals surface area contributed by atoms with Crippen molar-refractivity contribution in [2.45, 2.75) is 26.2 Å². The molecule has 0 amide bonds. The molecule has 0 heterocycles. The Kier molecular flexibility index (Phi) is 5.15. The molecular weight excluding hydrogens is 352 g/mol. The predicted octanol–water partition coefficient (Wildman–Crippen LogP) is 7.27. The zero-order chi connectivity index (χ0) is 20.5. The molecule has 0 N–H and O–H groups in total. The van der Waals surface area contributed by atoms with Crippen LogP contribution in [0.4, 0.5) is 0 Å². The van der Waals surface area contributed by atoms with E-state index in [1.54, 1.807) is 7.11 Å². The first kappa shape index (κ1) is 19.3. The maximum absolute atomic E-state index is 5.38. The van der Waals surface area contributed by atoms with Gasteiger partial charge in [-0.3, -0.25) is 0 Å². The third kappa shape index (κ3) is 3.53. The number of rotatable bonds is 4. The van der Waals surface area contributed by atoms with Crippen LogP contribution in [-0.2, 0) is 0 Å². The van der Waals surface area contributed by atoms with Gasteiger partial charge in [0.25, 0.3) is 0 Å². The molecule has 29 heavy (non-hydrogen) atoms. The van der Waals surface area contributed by atoms with Crippen molar-refractivity contribution in [3.05, 3.63) is 118 Å². The van der Waals surface area contributed by atoms with E-state index >= 15 is 0 Å². The van der Waals surface area contributed by atoms with Gasteiger partial charge in [-0.15, -0.1) is 0 Å². The van der Waals surface area contributed by atoms with Crippen LogP contribution >= 0.6 is 0 Å². The van der Waals surface area contributed by atoms with E-state index in [0.717, 1.165) is 17.7 Å². The van der Waals surface area contributed by atoms with Crippen LogP contribution in [0.15, 0.2) is 107 Å². The third-order valence-electron chi connectivity index (χ3n) is 6.13. The highest BCUT2D eigenvalue weighted by atomic mass is 16.5. The van der Waals surface area contributed by atoms with Crippen LogP contribution in [-0.4, -0.2) is 7.11 Å². The Morgan fingerprint density at radius 1 is 1.03 bits per heavy atom. The SMILES string of the molecule is C=C(C)C1=C(C)C=C2C/C(=C/c3ccccc3)C(=C)C2C1c1ccc(OC)cc1. The van der Waals surface area contributed by atoms with Gasteiger partial charge >= 0.3 is 0 Å². The monoisotopic (exact) mass is 380 g/mol. The fraction of sp³-hybridized carbons (Fsp3) is 0.214. The summed E-state index contributed by atoms with van der Waals surface area (Å²) in [7, 11) is 1.71. The van der Waals surface area contributed by atoms with E-state index in [1.807, 2.05) is 0 Å². The average Bonchev–Trinajstić information content (AvgIpc) is 3.02. The Morgan fingerprint density at radius 3 is 2.34 bits per heavy atom. The molecule has 0 aromatic heterocycles. The highest BCUT2D eigenvalue weighted by Gasteiger charge is 2.40. The summed E-state index contributed by atoms with van der Waals surface area (Å²) in [5, 5.41) is 0. The molecule has 0 spiro atoms. The molecule has 1 fully saturated rings. The number of hydrogen-bond donors (Lipinski definition) is 0. The molecule has 2 aromatic rings. The summed E-state index contributed by atoms with van der Waals surface area (Å²) in [4.78, 5) is 0. The molecule has 2 aliphatic carbocycles. The van der Waals surface area contributed by atoms with Crippen LogP contribution < -0.4 is 4.74 Å². The van der Waals surface area contributed by atoms with E-state index in [-0.39, 0.29) is 11.8 Å². The summed E-state index contributed by atoms with van der Waals surface area (Å²) in [6, 6.07) is 19.0. The molecule has 2 aromatic carbocycles. The van der Waals surface area contributed by atoms with E-state index in [9.17, 15) is 0 Å². The molecule has 0 radical (unpaired) electrons. The van der Waals surface area contributed by atoms with Gasteiger partial charge in [-0.2, -0.15) is 0 Å². The first-order chi connectivity index (χ1) is 14.0. The second-order valence-electron chi connectivity index (χ2n) is 8.11. The fourth-order valence-electron chi connectivity index (χ4n) is 4.86. The normalized spacial score (nSPS) is 22.5. The van der Waals surface area contributed by atoms with E-state index in [1.165, 1.54) is 39.0 Å². The van der Waals surface area contributed by atoms with Crippen LogP contribution in [0.5, 0.6) is 5.75 Å². The Balaban J connectivity index is 1.80. The van der Waals surface area contributed by atoms with Gasteiger partial charge in [0.05, 0.1) is 7.11 Å². The standard InChI is InChI=1S/C28H28O/c1-18(2)26-19(3)15-24-17-23(16-21-9-7-6-8-10-21)20(4)27(24)28(26)22-11-13-25(29-5)14-12-22/h6-16,27-28H,1,4,17H2,2-3,5H3/b23-16-. The molecule has 1 heteroatoms. The lowest BCUT2D eigenvalue weighted by molar-refractivity contribution is 0.414. The minimum Gasteiger partial charge on any atom is -0.497 e. The average molecular weight is 381 g/mol. The van der Waals surface area contributed by atoms with Crippen LogP contribution in [0.25, 0.3) is 6.08 Å². The van der Waals surface area contributed by atoms with Crippen LogP contribution in [0, 0.1) is 5.92 Å². The first-order valence-electron chi connectivity index (χ1n) is 10.2. The van der Waals surface area contributed by atoms with Gasteiger partial charge in [-0.1, -0.05) is 78.9 Å². The Morgan fingerprint density at radius 2 is 1.72 bits per heavy atom. The Labute approximate surface area is 174 Å². The van der Waals surface area contributed by atoms with Gasteiger partial charge in [0.15, 0.2) is 0 Å². The van der Waals surface area contributed by atoms with Gasteiger partial charge in [0.1, 0.15) is 5.75 Å². The largest absolute Gasteiger partial charge is 0.497 e. The first-order valence-corrected chi connectivity index (χ1v) is 10.2. The Bertz CT molecular complexity index is 1050. The number of methoxy groups -OCH3 is 1. The maximum atomic E-state index is 5.38. The summed E-state index contributed by atoms with van der Waals surface area (Å²) in [6.07, 6.45) is 5.62. The van der Waals surface area contributed by atoms with Crippen molar-refractivity contribution in [2.24, 2.45) is 5.92 Å². The molecule has 4 rings (SSSR count). The number of fused-ring (bicyclic) bond motifs is 1. The van der Waals surface area contributed by atoms with Crippen LogP contribution in [0.3, 0.4) is 0 Å². The summed E-state index contributed by atoms with van der Waals surface area (Å²) in [6.45, 7) is 13.2. The number of benzene rings is 2. The lowest BCUT2D eigenvalue weighted by atomic mass is 9.70. The summed E-state index contributed by atoms with van der Waals surface area (Å²) in [5.74, 6) is 1.41. The fourth-order valence-corrected chi connectivity index (χ4v) is 4.86. The second-order valence-corrected chi connectivity index (χ2v) is 8.11. The number of hydrogen-bond acceptors (Lipinski definition) is 1. The molecule has 2 unspecified atom stereocenters. The molecule has 2 aliphatic rings. The van der Waals surface area contributed by atoms with E-state index < -0.39 is 0 Å². The molecule has 1 nitrogen and oxygen atoms in total. The molecule has 146 valence electrons. The van der Waals surface area contributed by atoms with E-state index in [4.69, 9.17) is 4.74 Å². The Hall–Kier alpha value is -3.06. The highest BCUT2D eigenvalue weighted by Crippen LogP contribution is 2.54. The van der Waals surface area contributed by atoms with Gasteiger partial charge in [0.2, 0.25) is 0 Å². The summed E-state index contributed by atoms with van der Waals surface area (Å²) in [5.41, 5.74) is 10.3. The molecule has 1 saturated carbocycles. The maximum Gasteiger partial charge on any atom is 0.118 e. The minimum atomic E-state index is 0.243. The zero-order valence-corrected chi connectivity index (χ0v) is 17.5. The van der Waals surface area contributed by atoms with Crippen molar-refractivity contribution >= 4 is 6.08 Å². The third-order valence-corrected chi connectivity index (χ3v) is 6.13. The van der Waals surface area contributed by atoms with Gasteiger partial charge in [-0.05, 0) is 65.8 Å². The molecule has 0 aliphatic heterocycles. The zero-order valence-electron chi connectivity index (χ0n) is 17.5. The number of allylic oxidation sites excluding steroid dienone is 7. The van der Waals surface area contributed by atoms with Crippen molar-refractivity contribution < 1.29 is 4.74 Å². The minimum absolute atomic E-state index is 0.243. The summed E-state index contributed by atoms with van der Waals surface area (Å²) < 4.78 is 5.38. The highest BCUT2D eigenvalue weighted by molar-refractivity contribution is 5.67. The lowest BCUT2D eigenvalue weighted by Gasteiger charge is -2.34. The van der Waals surface area contributed by atoms with Gasteiger partial charge < -0.3 is 4.74 Å². The van der Waals surface area contributed by atoms with Crippen molar-refractivity contribution in [2.75, 3.05) is 7.11 Å². The summed E-state index contributed by atoms with van der Waals surface area (Å²) >= 11 is 0. The van der Waals surface area contributed by atoms with Crippen molar-refractivity contribution in [1.29, 1.82) is 0 Å². The predicted molar refractivity (Wildman–Crippen MR) is 123 cm³/mol. The van der Waals surface area contributed by atoms with E-state index in [2.05, 4.69) is 93.8 Å².